The molecule has 128 valence electrons. The van der Waals surface area contributed by atoms with Gasteiger partial charge < -0.3 is 24.3 Å². The molecule has 0 saturated heterocycles. The van der Waals surface area contributed by atoms with Crippen LogP contribution >= 0.6 is 0 Å². The number of rotatable bonds is 3. The molecule has 0 amide bonds. The third-order valence-electron chi connectivity index (χ3n) is 4.49. The number of hydrogen-bond acceptors (Lipinski definition) is 5. The first-order valence-electron chi connectivity index (χ1n) is 7.92. The van der Waals surface area contributed by atoms with Crippen molar-refractivity contribution in [2.75, 3.05) is 13.7 Å². The molecule has 6 nitrogen and oxygen atoms in total. The molecular weight excluding hydrogens is 322 g/mol. The van der Waals surface area contributed by atoms with Crippen LogP contribution in [0.1, 0.15) is 13.0 Å². The van der Waals surface area contributed by atoms with E-state index in [0.29, 0.717) is 29.1 Å². The third kappa shape index (κ3) is 2.26. The zero-order chi connectivity index (χ0) is 17.7. The van der Waals surface area contributed by atoms with E-state index in [4.69, 9.17) is 9.47 Å². The van der Waals surface area contributed by atoms with Gasteiger partial charge in [-0.3, -0.25) is 4.79 Å². The van der Waals surface area contributed by atoms with Crippen molar-refractivity contribution in [2.45, 2.75) is 13.0 Å². The number of pyridine rings is 1. The molecular formula is C19H17NO5. The number of fused-ring (bicyclic) bond motifs is 2. The van der Waals surface area contributed by atoms with Gasteiger partial charge in [-0.05, 0) is 37.3 Å². The van der Waals surface area contributed by atoms with Crippen molar-refractivity contribution in [3.8, 4) is 34.1 Å². The van der Waals surface area contributed by atoms with Crippen LogP contribution in [0, 0.1) is 0 Å². The molecule has 2 aromatic carbocycles. The van der Waals surface area contributed by atoms with E-state index in [1.54, 1.807) is 42.1 Å². The van der Waals surface area contributed by atoms with Gasteiger partial charge >= 0.3 is 0 Å². The number of nitrogens with zero attached hydrogens (tertiary/aromatic N) is 1. The largest absolute Gasteiger partial charge is 0.508 e. The Morgan fingerprint density at radius 1 is 1.12 bits per heavy atom. The summed E-state index contributed by atoms with van der Waals surface area (Å²) >= 11 is 0. The van der Waals surface area contributed by atoms with Crippen molar-refractivity contribution >= 4 is 10.8 Å². The van der Waals surface area contributed by atoms with Crippen LogP contribution in [0.25, 0.3) is 21.9 Å². The number of aromatic nitrogens is 1. The fraction of sp³-hybridized carbons (Fsp3) is 0.211. The highest BCUT2D eigenvalue weighted by molar-refractivity contribution is 6.05. The van der Waals surface area contributed by atoms with Crippen LogP contribution in [0.4, 0.5) is 0 Å². The lowest BCUT2D eigenvalue weighted by atomic mass is 9.96. The maximum atomic E-state index is 12.9. The van der Waals surface area contributed by atoms with E-state index in [9.17, 15) is 15.0 Å². The van der Waals surface area contributed by atoms with Gasteiger partial charge in [0.25, 0.3) is 5.56 Å². The first kappa shape index (κ1) is 15.5. The van der Waals surface area contributed by atoms with Gasteiger partial charge in [-0.25, -0.2) is 0 Å². The lowest BCUT2D eigenvalue weighted by Gasteiger charge is -2.24. The quantitative estimate of drug-likeness (QED) is 0.598. The molecule has 4 rings (SSSR count). The molecule has 1 atom stereocenters. The van der Waals surface area contributed by atoms with Crippen molar-refractivity contribution in [3.63, 3.8) is 0 Å². The third-order valence-corrected chi connectivity index (χ3v) is 4.49. The Balaban J connectivity index is 2.14. The molecule has 0 aliphatic carbocycles. The molecule has 2 heterocycles. The number of ether oxygens (including phenoxy) is 2. The molecule has 1 unspecified atom stereocenters. The highest BCUT2D eigenvalue weighted by atomic mass is 16.5. The summed E-state index contributed by atoms with van der Waals surface area (Å²) in [6.45, 7) is 2.22. The zero-order valence-corrected chi connectivity index (χ0v) is 13.8. The minimum absolute atomic E-state index is 0.0989. The predicted molar refractivity (Wildman–Crippen MR) is 93.6 cm³/mol. The van der Waals surface area contributed by atoms with E-state index in [0.717, 1.165) is 5.56 Å². The van der Waals surface area contributed by atoms with Gasteiger partial charge in [0.1, 0.15) is 23.0 Å². The highest BCUT2D eigenvalue weighted by Crippen LogP contribution is 2.48. The van der Waals surface area contributed by atoms with E-state index >= 15 is 0 Å². The van der Waals surface area contributed by atoms with Crippen molar-refractivity contribution in [1.29, 1.82) is 0 Å². The van der Waals surface area contributed by atoms with Crippen molar-refractivity contribution < 1.29 is 19.7 Å². The summed E-state index contributed by atoms with van der Waals surface area (Å²) in [6.07, 6.45) is 1.73. The van der Waals surface area contributed by atoms with Crippen LogP contribution < -0.4 is 10.3 Å². The average molecular weight is 339 g/mol. The van der Waals surface area contributed by atoms with Crippen LogP contribution in [0.3, 0.4) is 0 Å². The highest BCUT2D eigenvalue weighted by Gasteiger charge is 2.25. The predicted octanol–water partition coefficient (Wildman–Crippen LogP) is 3.39. The van der Waals surface area contributed by atoms with E-state index in [2.05, 4.69) is 0 Å². The summed E-state index contributed by atoms with van der Waals surface area (Å²) in [4.78, 5) is 12.9. The summed E-state index contributed by atoms with van der Waals surface area (Å²) < 4.78 is 12.6. The summed E-state index contributed by atoms with van der Waals surface area (Å²) in [5.41, 5.74) is 1.08. The fourth-order valence-electron chi connectivity index (χ4n) is 3.32. The second-order valence-corrected chi connectivity index (χ2v) is 6.17. The summed E-state index contributed by atoms with van der Waals surface area (Å²) in [7, 11) is 1.57. The summed E-state index contributed by atoms with van der Waals surface area (Å²) in [6, 6.07) is 7.70. The molecule has 0 fully saturated rings. The number of aromatic hydroxyl groups is 2. The standard InChI is InChI=1S/C19H17NO5/c1-10(9-24-2)20-8-13-12-7-11(21)3-5-15(12)25-16-6-4-14(22)18(17(13)16)19(20)23/h3-8,10,21-22H,9H2,1-2H3. The van der Waals surface area contributed by atoms with Gasteiger partial charge in [-0.1, -0.05) is 0 Å². The number of methoxy groups -OCH3 is 1. The zero-order valence-electron chi connectivity index (χ0n) is 13.8. The number of phenolic OH excluding ortho intramolecular Hbond substituents is 2. The Kier molecular flexibility index (Phi) is 3.43. The maximum absolute atomic E-state index is 12.9. The molecule has 1 aliphatic rings. The van der Waals surface area contributed by atoms with Crippen LogP contribution in [-0.4, -0.2) is 28.5 Å². The van der Waals surface area contributed by atoms with Crippen molar-refractivity contribution in [2.24, 2.45) is 0 Å². The summed E-state index contributed by atoms with van der Waals surface area (Å²) in [5.74, 6) is 1.09. The monoisotopic (exact) mass is 339 g/mol. The molecule has 6 heteroatoms. The molecule has 1 aliphatic heterocycles. The Bertz CT molecular complexity index is 1050. The van der Waals surface area contributed by atoms with Gasteiger partial charge in [0, 0.05) is 29.8 Å². The van der Waals surface area contributed by atoms with Gasteiger partial charge in [-0.15, -0.1) is 0 Å². The van der Waals surface area contributed by atoms with Crippen molar-refractivity contribution in [1.82, 2.24) is 4.57 Å². The first-order valence-corrected chi connectivity index (χ1v) is 7.92. The second kappa shape index (κ2) is 5.53. The molecule has 25 heavy (non-hydrogen) atoms. The molecule has 1 aromatic heterocycles. The summed E-state index contributed by atoms with van der Waals surface area (Å²) in [5, 5.41) is 20.9. The topological polar surface area (TPSA) is 80.9 Å². The number of hydrogen-bond donors (Lipinski definition) is 2. The Morgan fingerprint density at radius 2 is 1.88 bits per heavy atom. The minimum Gasteiger partial charge on any atom is -0.508 e. The smallest absolute Gasteiger partial charge is 0.262 e. The fourth-order valence-corrected chi connectivity index (χ4v) is 3.32. The van der Waals surface area contributed by atoms with Crippen LogP contribution in [-0.2, 0) is 4.74 Å². The van der Waals surface area contributed by atoms with Gasteiger partial charge in [0.15, 0.2) is 0 Å². The van der Waals surface area contributed by atoms with E-state index in [1.165, 1.54) is 6.07 Å². The van der Waals surface area contributed by atoms with Crippen LogP contribution in [0.2, 0.25) is 0 Å². The van der Waals surface area contributed by atoms with Crippen LogP contribution in [0.15, 0.2) is 41.3 Å². The molecule has 2 N–H and O–H groups in total. The molecule has 0 bridgehead atoms. The van der Waals surface area contributed by atoms with E-state index in [1.807, 2.05) is 6.92 Å². The number of benzene rings is 2. The molecule has 0 radical (unpaired) electrons. The Labute approximate surface area is 143 Å². The van der Waals surface area contributed by atoms with Gasteiger partial charge in [-0.2, -0.15) is 0 Å². The second-order valence-electron chi connectivity index (χ2n) is 6.17. The first-order chi connectivity index (χ1) is 12.0. The normalized spacial score (nSPS) is 13.4. The van der Waals surface area contributed by atoms with Crippen LogP contribution in [0.5, 0.6) is 23.0 Å². The Morgan fingerprint density at radius 3 is 2.64 bits per heavy atom. The van der Waals surface area contributed by atoms with E-state index < -0.39 is 0 Å². The molecule has 0 spiro atoms. The lowest BCUT2D eigenvalue weighted by Crippen LogP contribution is -2.26. The number of phenols is 2. The maximum Gasteiger partial charge on any atom is 0.262 e. The van der Waals surface area contributed by atoms with E-state index in [-0.39, 0.29) is 28.5 Å². The van der Waals surface area contributed by atoms with Gasteiger partial charge in [0.05, 0.1) is 18.0 Å². The molecule has 3 aromatic rings. The Hall–Kier alpha value is -2.99. The lowest BCUT2D eigenvalue weighted by molar-refractivity contribution is 0.161. The molecule has 0 saturated carbocycles. The average Bonchev–Trinajstić information content (AvgIpc) is 2.59. The van der Waals surface area contributed by atoms with Crippen molar-refractivity contribution in [3.05, 3.63) is 46.9 Å². The van der Waals surface area contributed by atoms with Gasteiger partial charge in [0.2, 0.25) is 0 Å². The SMILES string of the molecule is COCC(C)n1cc2c3c(ccc(O)c3c1=O)Oc1ccc(O)cc1-2. The minimum atomic E-state index is -0.310.